The zero-order valence-electron chi connectivity index (χ0n) is 20.7. The zero-order chi connectivity index (χ0) is 26.8. The first kappa shape index (κ1) is 24.8. The van der Waals surface area contributed by atoms with Crippen molar-refractivity contribution in [1.82, 2.24) is 30.2 Å². The quantitative estimate of drug-likeness (QED) is 0.359. The molecule has 4 aromatic rings. The van der Waals surface area contributed by atoms with Crippen molar-refractivity contribution in [3.05, 3.63) is 88.5 Å². The van der Waals surface area contributed by atoms with Crippen LogP contribution in [-0.4, -0.2) is 49.6 Å². The van der Waals surface area contributed by atoms with Gasteiger partial charge < -0.3 is 15.4 Å². The van der Waals surface area contributed by atoms with E-state index in [1.165, 1.54) is 23.8 Å². The number of nitrogens with zero attached hydrogens (tertiary/aromatic N) is 4. The van der Waals surface area contributed by atoms with E-state index in [0.717, 1.165) is 16.7 Å². The van der Waals surface area contributed by atoms with Crippen LogP contribution in [0.1, 0.15) is 67.9 Å². The molecule has 2 amide bonds. The molecule has 5 rings (SSSR count). The third kappa shape index (κ3) is 5.12. The molecule has 192 valence electrons. The minimum absolute atomic E-state index is 0.00213. The van der Waals surface area contributed by atoms with Crippen molar-refractivity contribution in [2.24, 2.45) is 0 Å². The van der Waals surface area contributed by atoms with Gasteiger partial charge in [-0.2, -0.15) is 14.6 Å². The summed E-state index contributed by atoms with van der Waals surface area (Å²) in [6.07, 6.45) is 1.54. The zero-order valence-corrected chi connectivity index (χ0v) is 20.7. The van der Waals surface area contributed by atoms with E-state index in [9.17, 15) is 19.2 Å². The number of ether oxygens (including phenoxy) is 1. The second-order valence-electron chi connectivity index (χ2n) is 9.00. The van der Waals surface area contributed by atoms with Crippen molar-refractivity contribution in [3.8, 4) is 5.75 Å². The van der Waals surface area contributed by atoms with Gasteiger partial charge in [0.1, 0.15) is 30.1 Å². The highest BCUT2D eigenvalue weighted by atomic mass is 16.5. The SMILES string of the molecule is CC(=O)c1ccc([C@H](C)NC(=O)c2cc(C(=O)NCc3ccc4c(c3)CC(=O)CO4)nc3ncnn23)cc1. The van der Waals surface area contributed by atoms with Crippen LogP contribution in [0.25, 0.3) is 5.78 Å². The topological polar surface area (TPSA) is 145 Å². The van der Waals surface area contributed by atoms with E-state index in [0.29, 0.717) is 17.7 Å². The molecule has 38 heavy (non-hydrogen) atoms. The fourth-order valence-corrected chi connectivity index (χ4v) is 4.17. The Morgan fingerprint density at radius 3 is 2.63 bits per heavy atom. The minimum atomic E-state index is -0.498. The number of nitrogens with one attached hydrogen (secondary N) is 2. The van der Waals surface area contributed by atoms with Crippen molar-refractivity contribution in [2.75, 3.05) is 6.61 Å². The summed E-state index contributed by atoms with van der Waals surface area (Å²) < 4.78 is 6.67. The van der Waals surface area contributed by atoms with Crippen molar-refractivity contribution in [2.45, 2.75) is 32.9 Å². The molecule has 11 heteroatoms. The van der Waals surface area contributed by atoms with Gasteiger partial charge in [-0.1, -0.05) is 30.3 Å². The van der Waals surface area contributed by atoms with Crippen LogP contribution in [0.2, 0.25) is 0 Å². The normalized spacial score (nSPS) is 13.4. The first-order valence-corrected chi connectivity index (χ1v) is 12.0. The van der Waals surface area contributed by atoms with Crippen LogP contribution < -0.4 is 15.4 Å². The maximum atomic E-state index is 13.2. The maximum absolute atomic E-state index is 13.2. The second-order valence-corrected chi connectivity index (χ2v) is 9.00. The molecule has 0 saturated heterocycles. The number of carbonyl (C=O) groups is 4. The molecule has 1 aliphatic rings. The van der Waals surface area contributed by atoms with Crippen LogP contribution in [0.15, 0.2) is 54.9 Å². The molecule has 11 nitrogen and oxygen atoms in total. The van der Waals surface area contributed by atoms with Gasteiger partial charge in [-0.3, -0.25) is 19.2 Å². The third-order valence-electron chi connectivity index (χ3n) is 6.24. The Balaban J connectivity index is 1.31. The van der Waals surface area contributed by atoms with E-state index in [1.54, 1.807) is 30.3 Å². The van der Waals surface area contributed by atoms with E-state index in [-0.39, 0.29) is 47.9 Å². The van der Waals surface area contributed by atoms with Crippen LogP contribution in [0, 0.1) is 0 Å². The van der Waals surface area contributed by atoms with Gasteiger partial charge in [0.15, 0.2) is 11.6 Å². The molecule has 0 spiro atoms. The summed E-state index contributed by atoms with van der Waals surface area (Å²) in [6, 6.07) is 13.4. The van der Waals surface area contributed by atoms with E-state index in [1.807, 2.05) is 19.1 Å². The largest absolute Gasteiger partial charge is 0.486 e. The lowest BCUT2D eigenvalue weighted by Crippen LogP contribution is -2.30. The molecular weight excluding hydrogens is 488 g/mol. The summed E-state index contributed by atoms with van der Waals surface area (Å²) >= 11 is 0. The standard InChI is InChI=1S/C27H24N6O5/c1-15(18-4-6-19(7-5-18)16(2)34)31-26(37)23-11-22(32-27-29-14-30-33(23)27)25(36)28-12-17-3-8-24-20(9-17)10-21(35)13-38-24/h3-9,11,14-15H,10,12-13H2,1-2H3,(H,28,36)(H,31,37)/t15-/m0/s1. The molecule has 0 radical (unpaired) electrons. The minimum Gasteiger partial charge on any atom is -0.486 e. The monoisotopic (exact) mass is 512 g/mol. The van der Waals surface area contributed by atoms with Crippen LogP contribution in [-0.2, 0) is 17.8 Å². The van der Waals surface area contributed by atoms with E-state index in [4.69, 9.17) is 4.74 Å². The van der Waals surface area contributed by atoms with Crippen molar-refractivity contribution < 1.29 is 23.9 Å². The highest BCUT2D eigenvalue weighted by Crippen LogP contribution is 2.24. The Morgan fingerprint density at radius 1 is 1.08 bits per heavy atom. The summed E-state index contributed by atoms with van der Waals surface area (Å²) in [5.41, 5.74) is 3.06. The number of benzene rings is 2. The number of carbonyl (C=O) groups excluding carboxylic acids is 4. The van der Waals surface area contributed by atoms with Gasteiger partial charge in [0.25, 0.3) is 17.6 Å². The molecule has 0 unspecified atom stereocenters. The molecule has 2 N–H and O–H groups in total. The van der Waals surface area contributed by atoms with Crippen LogP contribution >= 0.6 is 0 Å². The first-order valence-electron chi connectivity index (χ1n) is 12.0. The highest BCUT2D eigenvalue weighted by molar-refractivity contribution is 5.98. The molecular formula is C27H24N6O5. The van der Waals surface area contributed by atoms with Crippen LogP contribution in [0.5, 0.6) is 5.75 Å². The van der Waals surface area contributed by atoms with Crippen molar-refractivity contribution >= 4 is 29.2 Å². The van der Waals surface area contributed by atoms with Gasteiger partial charge in [0.2, 0.25) is 0 Å². The molecule has 2 aromatic carbocycles. The van der Waals surface area contributed by atoms with Crippen LogP contribution in [0.3, 0.4) is 0 Å². The maximum Gasteiger partial charge on any atom is 0.270 e. The molecule has 2 aromatic heterocycles. The number of aromatic nitrogens is 4. The summed E-state index contributed by atoms with van der Waals surface area (Å²) in [5, 5.41) is 9.75. The Bertz CT molecular complexity index is 1580. The predicted octanol–water partition coefficient (Wildman–Crippen LogP) is 2.25. The molecule has 1 aliphatic heterocycles. The molecule has 0 saturated carbocycles. The number of Topliss-reactive ketones (excluding diaryl/α,β-unsaturated/α-hetero) is 2. The number of fused-ring (bicyclic) bond motifs is 2. The Hall–Kier alpha value is -4.93. The number of hydrogen-bond acceptors (Lipinski definition) is 8. The lowest BCUT2D eigenvalue weighted by atomic mass is 10.0. The number of amides is 2. The fraction of sp³-hybridized carbons (Fsp3) is 0.222. The van der Waals surface area contributed by atoms with Gasteiger partial charge in [-0.15, -0.1) is 0 Å². The number of hydrogen-bond donors (Lipinski definition) is 2. The Morgan fingerprint density at radius 2 is 1.87 bits per heavy atom. The van der Waals surface area contributed by atoms with Gasteiger partial charge in [-0.05, 0) is 37.1 Å². The van der Waals surface area contributed by atoms with Crippen LogP contribution in [0.4, 0.5) is 0 Å². The van der Waals surface area contributed by atoms with Gasteiger partial charge in [-0.25, -0.2) is 4.98 Å². The highest BCUT2D eigenvalue weighted by Gasteiger charge is 2.21. The predicted molar refractivity (Wildman–Crippen MR) is 135 cm³/mol. The van der Waals surface area contributed by atoms with E-state index in [2.05, 4.69) is 25.7 Å². The summed E-state index contributed by atoms with van der Waals surface area (Å²) in [6.45, 7) is 3.56. The van der Waals surface area contributed by atoms with Gasteiger partial charge in [0, 0.05) is 30.2 Å². The molecule has 0 aliphatic carbocycles. The summed E-state index contributed by atoms with van der Waals surface area (Å²) in [5.74, 6) is -0.247. The molecule has 3 heterocycles. The number of ketones is 2. The Kier molecular flexibility index (Phi) is 6.65. The fourth-order valence-electron chi connectivity index (χ4n) is 4.17. The number of rotatable bonds is 7. The first-order chi connectivity index (χ1) is 18.3. The average Bonchev–Trinajstić information content (AvgIpc) is 3.39. The second kappa shape index (κ2) is 10.2. The average molecular weight is 513 g/mol. The van der Waals surface area contributed by atoms with Crippen molar-refractivity contribution in [1.29, 1.82) is 0 Å². The smallest absolute Gasteiger partial charge is 0.270 e. The Labute approximate surface area is 217 Å². The van der Waals surface area contributed by atoms with Gasteiger partial charge >= 0.3 is 0 Å². The molecule has 0 bridgehead atoms. The van der Waals surface area contributed by atoms with E-state index < -0.39 is 11.8 Å². The lowest BCUT2D eigenvalue weighted by molar-refractivity contribution is -0.121. The molecule has 1 atom stereocenters. The summed E-state index contributed by atoms with van der Waals surface area (Å²) in [7, 11) is 0. The van der Waals surface area contributed by atoms with E-state index >= 15 is 0 Å². The third-order valence-corrected chi connectivity index (χ3v) is 6.24. The lowest BCUT2D eigenvalue weighted by Gasteiger charge is -2.17. The summed E-state index contributed by atoms with van der Waals surface area (Å²) in [4.78, 5) is 57.6. The molecule has 0 fully saturated rings. The van der Waals surface area contributed by atoms with Gasteiger partial charge in [0.05, 0.1) is 6.04 Å². The van der Waals surface area contributed by atoms with Crippen molar-refractivity contribution in [3.63, 3.8) is 0 Å².